The highest BCUT2D eigenvalue weighted by Gasteiger charge is 2.48. The predicted molar refractivity (Wildman–Crippen MR) is 102 cm³/mol. The molecule has 1 aliphatic carbocycles. The zero-order valence-electron chi connectivity index (χ0n) is 15.1. The molecule has 1 saturated heterocycles. The van der Waals surface area contributed by atoms with E-state index in [0.717, 1.165) is 55.0 Å². The van der Waals surface area contributed by atoms with Crippen LogP contribution < -0.4 is 4.90 Å². The van der Waals surface area contributed by atoms with E-state index in [0.29, 0.717) is 0 Å². The fraction of sp³-hybridized carbons (Fsp3) is 0.400. The van der Waals surface area contributed by atoms with E-state index < -0.39 is 0 Å². The summed E-state index contributed by atoms with van der Waals surface area (Å²) in [6, 6.07) is 7.51. The molecule has 7 heteroatoms. The van der Waals surface area contributed by atoms with Crippen molar-refractivity contribution in [3.8, 4) is 0 Å². The maximum atomic E-state index is 11.9. The summed E-state index contributed by atoms with van der Waals surface area (Å²) >= 11 is 0. The first-order valence-electron chi connectivity index (χ1n) is 9.41. The smallest absolute Gasteiger partial charge is 0.143 e. The van der Waals surface area contributed by atoms with Crippen molar-refractivity contribution in [2.24, 2.45) is 5.41 Å². The number of hydrogen-bond donors (Lipinski definition) is 1. The average molecular weight is 362 g/mol. The van der Waals surface area contributed by atoms with Crippen LogP contribution in [0, 0.1) is 5.41 Å². The molecule has 0 aromatic carbocycles. The second-order valence-corrected chi connectivity index (χ2v) is 7.66. The molecule has 3 aromatic rings. The summed E-state index contributed by atoms with van der Waals surface area (Å²) in [6.07, 6.45) is 8.70. The summed E-state index contributed by atoms with van der Waals surface area (Å²) in [6.45, 7) is 3.52. The summed E-state index contributed by atoms with van der Waals surface area (Å²) in [7, 11) is 0. The molecule has 2 fully saturated rings. The van der Waals surface area contributed by atoms with Crippen molar-refractivity contribution in [3.05, 3.63) is 48.7 Å². The molecular weight excluding hydrogens is 340 g/mol. The topological polar surface area (TPSA) is 78.0 Å². The van der Waals surface area contributed by atoms with Gasteiger partial charge in [-0.25, -0.2) is 9.97 Å². The van der Waals surface area contributed by atoms with Crippen LogP contribution in [-0.4, -0.2) is 57.3 Å². The molecule has 5 rings (SSSR count). The van der Waals surface area contributed by atoms with Gasteiger partial charge >= 0.3 is 0 Å². The van der Waals surface area contributed by atoms with E-state index in [1.807, 2.05) is 30.5 Å². The van der Waals surface area contributed by atoms with Gasteiger partial charge in [-0.2, -0.15) is 0 Å². The fourth-order valence-corrected chi connectivity index (χ4v) is 4.21. The molecule has 4 heterocycles. The first kappa shape index (κ1) is 16.4. The number of nitrogens with zero attached hydrogens (tertiary/aromatic N) is 5. The maximum absolute atomic E-state index is 11.9. The van der Waals surface area contributed by atoms with Gasteiger partial charge < -0.3 is 14.7 Å². The van der Waals surface area contributed by atoms with Crippen molar-refractivity contribution in [1.29, 1.82) is 0 Å². The Morgan fingerprint density at radius 2 is 2.04 bits per heavy atom. The molecule has 1 saturated carbocycles. The van der Waals surface area contributed by atoms with E-state index in [1.165, 1.54) is 12.8 Å². The zero-order valence-corrected chi connectivity index (χ0v) is 15.1. The predicted octanol–water partition coefficient (Wildman–Crippen LogP) is 2.20. The largest absolute Gasteiger partial charge is 0.354 e. The lowest BCUT2D eigenvalue weighted by atomic mass is 10.0. The van der Waals surface area contributed by atoms with E-state index in [9.17, 15) is 4.79 Å². The number of pyridine rings is 1. The summed E-state index contributed by atoms with van der Waals surface area (Å²) < 4.78 is 0. The number of fused-ring (bicyclic) bond motifs is 1. The molecule has 1 aliphatic heterocycles. The van der Waals surface area contributed by atoms with Crippen molar-refractivity contribution >= 4 is 23.1 Å². The minimum absolute atomic E-state index is 0.236. The highest BCUT2D eigenvalue weighted by atomic mass is 16.1. The second kappa shape index (κ2) is 6.42. The molecular formula is C20H22N6O. The Morgan fingerprint density at radius 1 is 1.11 bits per heavy atom. The number of carbonyl (C=O) groups is 1. The lowest BCUT2D eigenvalue weighted by Gasteiger charge is -2.28. The number of anilines is 1. The average Bonchev–Trinajstić information content (AvgIpc) is 3.34. The van der Waals surface area contributed by atoms with Gasteiger partial charge in [0.2, 0.25) is 0 Å². The van der Waals surface area contributed by atoms with Gasteiger partial charge in [0.05, 0.1) is 11.1 Å². The number of carbonyl (C=O) groups excluding carboxylic acids is 1. The van der Waals surface area contributed by atoms with Crippen LogP contribution in [0.5, 0.6) is 0 Å². The molecule has 138 valence electrons. The molecule has 7 nitrogen and oxygen atoms in total. The van der Waals surface area contributed by atoms with Crippen molar-refractivity contribution in [2.75, 3.05) is 31.1 Å². The first-order chi connectivity index (χ1) is 13.3. The highest BCUT2D eigenvalue weighted by Crippen LogP contribution is 2.49. The van der Waals surface area contributed by atoms with Crippen LogP contribution in [-0.2, 0) is 4.79 Å². The second-order valence-electron chi connectivity index (χ2n) is 7.66. The van der Waals surface area contributed by atoms with Crippen molar-refractivity contribution in [3.63, 3.8) is 0 Å². The van der Waals surface area contributed by atoms with Crippen LogP contribution in [0.3, 0.4) is 0 Å². The van der Waals surface area contributed by atoms with Crippen molar-refractivity contribution in [2.45, 2.75) is 18.9 Å². The highest BCUT2D eigenvalue weighted by molar-refractivity contribution is 5.87. The van der Waals surface area contributed by atoms with Crippen LogP contribution in [0.15, 0.2) is 43.0 Å². The maximum Gasteiger partial charge on any atom is 0.143 e. The Labute approximate surface area is 157 Å². The van der Waals surface area contributed by atoms with Crippen LogP contribution in [0.4, 0.5) is 5.82 Å². The van der Waals surface area contributed by atoms with Gasteiger partial charge in [-0.3, -0.25) is 9.88 Å². The molecule has 0 amide bonds. The Kier molecular flexibility index (Phi) is 3.89. The van der Waals surface area contributed by atoms with Crippen LogP contribution in [0.25, 0.3) is 11.0 Å². The lowest BCUT2D eigenvalue weighted by Crippen LogP contribution is -2.36. The third-order valence-corrected chi connectivity index (χ3v) is 5.82. The normalized spacial score (nSPS) is 20.5. The molecule has 1 unspecified atom stereocenters. The summed E-state index contributed by atoms with van der Waals surface area (Å²) in [5.41, 5.74) is 1.93. The minimum Gasteiger partial charge on any atom is -0.354 e. The third-order valence-electron chi connectivity index (χ3n) is 5.82. The SMILES string of the molecule is O=CC(c1ccccn1)N1CCN(c2ncnc3[nH]ccc23)CC2(CC2)C1. The minimum atomic E-state index is -0.290. The number of nitrogens with one attached hydrogen (secondary N) is 1. The van der Waals surface area contributed by atoms with Crippen LogP contribution in [0.2, 0.25) is 0 Å². The van der Waals surface area contributed by atoms with Crippen molar-refractivity contribution < 1.29 is 4.79 Å². The lowest BCUT2D eigenvalue weighted by molar-refractivity contribution is -0.112. The summed E-state index contributed by atoms with van der Waals surface area (Å²) in [4.78, 5) is 33.1. The van der Waals surface area contributed by atoms with Gasteiger partial charge in [0, 0.05) is 44.0 Å². The number of aldehydes is 1. The fourth-order valence-electron chi connectivity index (χ4n) is 4.21. The number of aromatic nitrogens is 4. The van der Waals surface area contributed by atoms with Crippen LogP contribution >= 0.6 is 0 Å². The third kappa shape index (κ3) is 2.98. The zero-order chi connectivity index (χ0) is 18.3. The standard InChI is InChI=1S/C20H22N6O/c27-11-17(16-3-1-2-7-21-16)25-9-10-26(13-20(12-25)5-6-20)19-15-4-8-22-18(15)23-14-24-19/h1-4,7-8,11,14,17H,5-6,9-10,12-13H2,(H,22,23,24). The molecule has 1 atom stereocenters. The molecule has 1 spiro atoms. The van der Waals surface area contributed by atoms with Gasteiger partial charge in [0.25, 0.3) is 0 Å². The molecule has 27 heavy (non-hydrogen) atoms. The van der Waals surface area contributed by atoms with Gasteiger partial charge in [0.1, 0.15) is 30.1 Å². The van der Waals surface area contributed by atoms with Crippen molar-refractivity contribution in [1.82, 2.24) is 24.8 Å². The number of hydrogen-bond acceptors (Lipinski definition) is 6. The summed E-state index contributed by atoms with van der Waals surface area (Å²) in [5, 5.41) is 1.05. The quantitative estimate of drug-likeness (QED) is 0.717. The Hall–Kier alpha value is -2.80. The van der Waals surface area contributed by atoms with Gasteiger partial charge in [-0.15, -0.1) is 0 Å². The molecule has 0 radical (unpaired) electrons. The molecule has 2 aliphatic rings. The number of aromatic amines is 1. The molecule has 0 bridgehead atoms. The molecule has 1 N–H and O–H groups in total. The molecule has 3 aromatic heterocycles. The van der Waals surface area contributed by atoms with Gasteiger partial charge in [-0.05, 0) is 31.0 Å². The van der Waals surface area contributed by atoms with E-state index >= 15 is 0 Å². The number of rotatable bonds is 4. The van der Waals surface area contributed by atoms with E-state index in [1.54, 1.807) is 12.5 Å². The Morgan fingerprint density at radius 3 is 2.81 bits per heavy atom. The van der Waals surface area contributed by atoms with Crippen LogP contribution in [0.1, 0.15) is 24.6 Å². The van der Waals surface area contributed by atoms with E-state index in [2.05, 4.69) is 29.7 Å². The monoisotopic (exact) mass is 362 g/mol. The van der Waals surface area contributed by atoms with E-state index in [4.69, 9.17) is 0 Å². The Bertz CT molecular complexity index is 951. The summed E-state index contributed by atoms with van der Waals surface area (Å²) in [5.74, 6) is 0.981. The van der Waals surface area contributed by atoms with E-state index in [-0.39, 0.29) is 11.5 Å². The number of H-pyrrole nitrogens is 1. The Balaban J connectivity index is 1.45. The van der Waals surface area contributed by atoms with Gasteiger partial charge in [-0.1, -0.05) is 6.07 Å². The van der Waals surface area contributed by atoms with Gasteiger partial charge in [0.15, 0.2) is 0 Å². The first-order valence-corrected chi connectivity index (χ1v) is 9.41.